The first-order valence-corrected chi connectivity index (χ1v) is 10.4. The molecule has 1 heterocycles. The molecule has 174 valence electrons. The SMILES string of the molecule is COc1ccc(C(=O)N[C@H]2CC[C@@H](Nc3ncc(C)c(N(C)C)n3)CC2)cc1C(F)(F)F. The van der Waals surface area contributed by atoms with Crippen molar-refractivity contribution in [3.05, 3.63) is 41.1 Å². The molecule has 0 atom stereocenters. The molecule has 0 spiro atoms. The molecule has 1 fully saturated rings. The molecule has 0 saturated heterocycles. The predicted molar refractivity (Wildman–Crippen MR) is 116 cm³/mol. The van der Waals surface area contributed by atoms with Crippen molar-refractivity contribution in [2.45, 2.75) is 50.9 Å². The van der Waals surface area contributed by atoms with Crippen LogP contribution in [0.25, 0.3) is 0 Å². The molecule has 0 bridgehead atoms. The van der Waals surface area contributed by atoms with Gasteiger partial charge in [0.25, 0.3) is 5.91 Å². The quantitative estimate of drug-likeness (QED) is 0.691. The number of carbonyl (C=O) groups excluding carboxylic acids is 1. The summed E-state index contributed by atoms with van der Waals surface area (Å²) in [5, 5.41) is 6.20. The highest BCUT2D eigenvalue weighted by atomic mass is 19.4. The Morgan fingerprint density at radius 2 is 1.81 bits per heavy atom. The van der Waals surface area contributed by atoms with Gasteiger partial charge in [0.05, 0.1) is 12.7 Å². The fourth-order valence-electron chi connectivity index (χ4n) is 3.86. The van der Waals surface area contributed by atoms with Gasteiger partial charge in [-0.05, 0) is 50.8 Å². The minimum absolute atomic E-state index is 0.0392. The van der Waals surface area contributed by atoms with Crippen molar-refractivity contribution in [2.75, 3.05) is 31.4 Å². The Labute approximate surface area is 185 Å². The summed E-state index contributed by atoms with van der Waals surface area (Å²) < 4.78 is 44.4. The van der Waals surface area contributed by atoms with Crippen LogP contribution in [0.4, 0.5) is 24.9 Å². The standard InChI is InChI=1S/C22H28F3N5O2/c1-13-12-26-21(29-19(13)30(2)3)28-16-8-6-15(7-9-16)27-20(31)14-5-10-18(32-4)17(11-14)22(23,24)25/h5,10-12,15-16H,6-9H2,1-4H3,(H,27,31)(H,26,28,29)/t15-,16+. The smallest absolute Gasteiger partial charge is 0.419 e. The number of ether oxygens (including phenoxy) is 1. The van der Waals surface area contributed by atoms with Gasteiger partial charge >= 0.3 is 6.18 Å². The van der Waals surface area contributed by atoms with Crippen LogP contribution in [0.2, 0.25) is 0 Å². The van der Waals surface area contributed by atoms with Gasteiger partial charge in [-0.3, -0.25) is 4.79 Å². The van der Waals surface area contributed by atoms with Crippen molar-refractivity contribution < 1.29 is 22.7 Å². The lowest BCUT2D eigenvalue weighted by Gasteiger charge is -2.30. The zero-order chi connectivity index (χ0) is 23.5. The van der Waals surface area contributed by atoms with Gasteiger partial charge in [0.2, 0.25) is 5.95 Å². The van der Waals surface area contributed by atoms with Gasteiger partial charge in [-0.15, -0.1) is 0 Å². The number of methoxy groups -OCH3 is 1. The largest absolute Gasteiger partial charge is 0.496 e. The lowest BCUT2D eigenvalue weighted by molar-refractivity contribution is -0.138. The van der Waals surface area contributed by atoms with Gasteiger partial charge in [-0.1, -0.05) is 0 Å². The average Bonchev–Trinajstić information content (AvgIpc) is 2.75. The van der Waals surface area contributed by atoms with Gasteiger partial charge in [0.1, 0.15) is 11.6 Å². The zero-order valence-electron chi connectivity index (χ0n) is 18.6. The molecule has 1 saturated carbocycles. The Morgan fingerprint density at radius 1 is 1.16 bits per heavy atom. The lowest BCUT2D eigenvalue weighted by atomic mass is 9.91. The number of rotatable bonds is 6. The molecule has 0 radical (unpaired) electrons. The van der Waals surface area contributed by atoms with Crippen molar-refractivity contribution in [1.82, 2.24) is 15.3 Å². The van der Waals surface area contributed by atoms with E-state index >= 15 is 0 Å². The Bertz CT molecular complexity index is 957. The molecule has 10 heteroatoms. The Hall–Kier alpha value is -3.04. The van der Waals surface area contributed by atoms with E-state index in [1.807, 2.05) is 25.9 Å². The molecule has 1 aliphatic carbocycles. The van der Waals surface area contributed by atoms with Crippen LogP contribution in [0.15, 0.2) is 24.4 Å². The van der Waals surface area contributed by atoms with E-state index in [2.05, 4.69) is 20.6 Å². The van der Waals surface area contributed by atoms with Crippen molar-refractivity contribution in [3.8, 4) is 5.75 Å². The Kier molecular flexibility index (Phi) is 7.10. The first-order valence-electron chi connectivity index (χ1n) is 10.4. The fraction of sp³-hybridized carbons (Fsp3) is 0.500. The molecular weight excluding hydrogens is 423 g/mol. The number of hydrogen-bond donors (Lipinski definition) is 2. The topological polar surface area (TPSA) is 79.4 Å². The summed E-state index contributed by atoms with van der Waals surface area (Å²) in [4.78, 5) is 23.4. The molecule has 2 N–H and O–H groups in total. The summed E-state index contributed by atoms with van der Waals surface area (Å²) in [5.41, 5.74) is -0.0161. The summed E-state index contributed by atoms with van der Waals surface area (Å²) in [6.07, 6.45) is 0.165. The van der Waals surface area contributed by atoms with Gasteiger partial charge in [-0.2, -0.15) is 18.2 Å². The van der Waals surface area contributed by atoms with Crippen LogP contribution in [-0.2, 0) is 6.18 Å². The molecule has 1 aromatic carbocycles. The summed E-state index contributed by atoms with van der Waals surface area (Å²) in [5.74, 6) is 0.578. The maximum atomic E-state index is 13.2. The van der Waals surface area contributed by atoms with Crippen LogP contribution in [0.3, 0.4) is 0 Å². The van der Waals surface area contributed by atoms with Crippen LogP contribution in [0.1, 0.15) is 47.2 Å². The molecule has 32 heavy (non-hydrogen) atoms. The molecule has 1 aromatic heterocycles. The second-order valence-corrected chi connectivity index (χ2v) is 8.17. The highest BCUT2D eigenvalue weighted by molar-refractivity contribution is 5.94. The minimum Gasteiger partial charge on any atom is -0.496 e. The summed E-state index contributed by atoms with van der Waals surface area (Å²) >= 11 is 0. The minimum atomic E-state index is -4.60. The molecule has 1 amide bonds. The van der Waals surface area contributed by atoms with Gasteiger partial charge in [-0.25, -0.2) is 4.98 Å². The fourth-order valence-corrected chi connectivity index (χ4v) is 3.86. The van der Waals surface area contributed by atoms with Crippen molar-refractivity contribution in [2.24, 2.45) is 0 Å². The molecule has 0 unspecified atom stereocenters. The number of aryl methyl sites for hydroxylation is 1. The number of anilines is 2. The molecular formula is C22H28F3N5O2. The third-order valence-corrected chi connectivity index (χ3v) is 5.53. The number of carbonyl (C=O) groups is 1. The van der Waals surface area contributed by atoms with Crippen LogP contribution in [0, 0.1) is 6.92 Å². The monoisotopic (exact) mass is 451 g/mol. The van der Waals surface area contributed by atoms with E-state index in [9.17, 15) is 18.0 Å². The number of amides is 1. The highest BCUT2D eigenvalue weighted by Gasteiger charge is 2.35. The third kappa shape index (κ3) is 5.60. The van der Waals surface area contributed by atoms with Crippen LogP contribution >= 0.6 is 0 Å². The Morgan fingerprint density at radius 3 is 2.41 bits per heavy atom. The van der Waals surface area contributed by atoms with Gasteiger partial charge in [0.15, 0.2) is 0 Å². The summed E-state index contributed by atoms with van der Waals surface area (Å²) in [6.45, 7) is 1.95. The Balaban J connectivity index is 1.57. The van der Waals surface area contributed by atoms with E-state index in [0.717, 1.165) is 30.3 Å². The van der Waals surface area contributed by atoms with E-state index < -0.39 is 17.6 Å². The second-order valence-electron chi connectivity index (χ2n) is 8.17. The number of aromatic nitrogens is 2. The highest BCUT2D eigenvalue weighted by Crippen LogP contribution is 2.36. The average molecular weight is 451 g/mol. The number of benzene rings is 1. The molecule has 3 rings (SSSR count). The summed E-state index contributed by atoms with van der Waals surface area (Å²) in [6, 6.07) is 3.40. The van der Waals surface area contributed by atoms with Crippen LogP contribution in [-0.4, -0.2) is 49.2 Å². The number of halogens is 3. The van der Waals surface area contributed by atoms with Gasteiger partial charge in [0, 0.05) is 43.5 Å². The van der Waals surface area contributed by atoms with Crippen molar-refractivity contribution >= 4 is 17.7 Å². The number of nitrogens with zero attached hydrogens (tertiary/aromatic N) is 3. The maximum Gasteiger partial charge on any atom is 0.419 e. The maximum absolute atomic E-state index is 13.2. The van der Waals surface area contributed by atoms with Crippen molar-refractivity contribution in [3.63, 3.8) is 0 Å². The van der Waals surface area contributed by atoms with E-state index in [1.165, 1.54) is 19.2 Å². The van der Waals surface area contributed by atoms with Gasteiger partial charge < -0.3 is 20.3 Å². The molecule has 0 aliphatic heterocycles. The predicted octanol–water partition coefficient (Wildman–Crippen LogP) is 4.03. The van der Waals surface area contributed by atoms with Crippen molar-refractivity contribution in [1.29, 1.82) is 0 Å². The van der Waals surface area contributed by atoms with E-state index in [4.69, 9.17) is 4.74 Å². The van der Waals surface area contributed by atoms with E-state index in [-0.39, 0.29) is 23.4 Å². The lowest BCUT2D eigenvalue weighted by Crippen LogP contribution is -2.40. The molecule has 7 nitrogen and oxygen atoms in total. The van der Waals surface area contributed by atoms with Crippen LogP contribution in [0.5, 0.6) is 5.75 Å². The normalized spacial score (nSPS) is 18.7. The zero-order valence-corrected chi connectivity index (χ0v) is 18.6. The van der Waals surface area contributed by atoms with E-state index in [0.29, 0.717) is 18.8 Å². The molecule has 2 aromatic rings. The summed E-state index contributed by atoms with van der Waals surface area (Å²) in [7, 11) is 5.01. The number of hydrogen-bond acceptors (Lipinski definition) is 6. The first kappa shape index (κ1) is 23.6. The first-order chi connectivity index (χ1) is 15.1. The third-order valence-electron chi connectivity index (χ3n) is 5.53. The second kappa shape index (κ2) is 9.62. The molecule has 1 aliphatic rings. The number of nitrogens with one attached hydrogen (secondary N) is 2. The number of alkyl halides is 3. The van der Waals surface area contributed by atoms with Crippen LogP contribution < -0.4 is 20.3 Å². The van der Waals surface area contributed by atoms with E-state index in [1.54, 1.807) is 6.20 Å².